The number of Topliss-reactive ketones (excluding diaryl/α,β-unsaturated/α-hetero) is 1. The number of ketones is 2. The number of benzene rings is 2. The molecule has 2 aromatic carbocycles. The molecule has 0 amide bonds. The van der Waals surface area contributed by atoms with Gasteiger partial charge < -0.3 is 5.73 Å². The van der Waals surface area contributed by atoms with Gasteiger partial charge in [-0.05, 0) is 12.1 Å². The van der Waals surface area contributed by atoms with Crippen molar-refractivity contribution in [1.29, 1.82) is 0 Å². The number of nitrogens with two attached hydrogens (primary N) is 1. The monoisotopic (exact) mass is 329 g/mol. The third-order valence-corrected chi connectivity index (χ3v) is 4.26. The fourth-order valence-electron chi connectivity index (χ4n) is 3.06. The van der Waals surface area contributed by atoms with Gasteiger partial charge in [0.25, 0.3) is 0 Å². The highest BCUT2D eigenvalue weighted by Gasteiger charge is 2.21. The molecule has 0 aliphatic heterocycles. The Bertz CT molecular complexity index is 1110. The van der Waals surface area contributed by atoms with E-state index in [0.717, 1.165) is 10.9 Å². The highest BCUT2D eigenvalue weighted by atomic mass is 16.1. The van der Waals surface area contributed by atoms with Crippen LogP contribution in [-0.2, 0) is 0 Å². The molecular formula is C20H15N3O2. The largest absolute Gasteiger partial charge is 0.324 e. The Labute approximate surface area is 143 Å². The zero-order valence-electron chi connectivity index (χ0n) is 13.3. The first-order valence-corrected chi connectivity index (χ1v) is 7.92. The molecule has 4 aromatic rings. The van der Waals surface area contributed by atoms with Gasteiger partial charge in [0.1, 0.15) is 6.33 Å². The SMILES string of the molecule is NCC(=O)c1cc(C(=O)c2ccccc2)n2cnc3ccccc3c12. The van der Waals surface area contributed by atoms with E-state index >= 15 is 0 Å². The molecule has 0 spiro atoms. The summed E-state index contributed by atoms with van der Waals surface area (Å²) >= 11 is 0. The summed E-state index contributed by atoms with van der Waals surface area (Å²) in [7, 11) is 0. The standard InChI is InChI=1S/C20H15N3O2/c21-11-18(24)15-10-17(20(25)13-6-2-1-3-7-13)23-12-22-16-9-5-4-8-14(16)19(15)23/h1-10,12H,11,21H2. The van der Waals surface area contributed by atoms with Crippen LogP contribution in [0.15, 0.2) is 67.0 Å². The number of fused-ring (bicyclic) bond motifs is 3. The van der Waals surface area contributed by atoms with Crippen LogP contribution in [0.2, 0.25) is 0 Å². The van der Waals surface area contributed by atoms with Crippen molar-refractivity contribution in [2.75, 3.05) is 6.54 Å². The predicted octanol–water partition coefficient (Wildman–Crippen LogP) is 2.86. The van der Waals surface area contributed by atoms with E-state index < -0.39 is 0 Å². The molecule has 25 heavy (non-hydrogen) atoms. The summed E-state index contributed by atoms with van der Waals surface area (Å²) in [6, 6.07) is 18.1. The normalized spacial score (nSPS) is 11.1. The molecule has 0 aliphatic carbocycles. The number of hydrogen-bond acceptors (Lipinski definition) is 4. The number of hydrogen-bond donors (Lipinski definition) is 1. The van der Waals surface area contributed by atoms with Crippen molar-refractivity contribution in [2.45, 2.75) is 0 Å². The Kier molecular flexibility index (Phi) is 3.63. The van der Waals surface area contributed by atoms with Crippen LogP contribution in [0.4, 0.5) is 0 Å². The molecule has 122 valence electrons. The summed E-state index contributed by atoms with van der Waals surface area (Å²) in [4.78, 5) is 29.7. The quantitative estimate of drug-likeness (QED) is 0.584. The molecule has 5 nitrogen and oxygen atoms in total. The lowest BCUT2D eigenvalue weighted by molar-refractivity contribution is 0.100. The Hall–Kier alpha value is -3.31. The van der Waals surface area contributed by atoms with Gasteiger partial charge in [0.15, 0.2) is 5.78 Å². The molecule has 2 N–H and O–H groups in total. The van der Waals surface area contributed by atoms with Crippen molar-refractivity contribution in [2.24, 2.45) is 5.73 Å². The summed E-state index contributed by atoms with van der Waals surface area (Å²) in [5.41, 5.74) is 8.41. The summed E-state index contributed by atoms with van der Waals surface area (Å²) in [5.74, 6) is -0.371. The third-order valence-electron chi connectivity index (χ3n) is 4.26. The van der Waals surface area contributed by atoms with Gasteiger partial charge in [0, 0.05) is 16.5 Å². The molecule has 0 bridgehead atoms. The Morgan fingerprint density at radius 3 is 2.48 bits per heavy atom. The van der Waals surface area contributed by atoms with Gasteiger partial charge in [-0.15, -0.1) is 0 Å². The van der Waals surface area contributed by atoms with Crippen molar-refractivity contribution in [3.8, 4) is 0 Å². The maximum Gasteiger partial charge on any atom is 0.209 e. The van der Waals surface area contributed by atoms with E-state index in [1.54, 1.807) is 28.9 Å². The lowest BCUT2D eigenvalue weighted by atomic mass is 10.1. The van der Waals surface area contributed by atoms with Gasteiger partial charge in [-0.25, -0.2) is 4.98 Å². The van der Waals surface area contributed by atoms with Gasteiger partial charge >= 0.3 is 0 Å². The van der Waals surface area contributed by atoms with Crippen molar-refractivity contribution in [3.63, 3.8) is 0 Å². The lowest BCUT2D eigenvalue weighted by Crippen LogP contribution is -2.13. The fraction of sp³-hybridized carbons (Fsp3) is 0.0500. The van der Waals surface area contributed by atoms with E-state index in [4.69, 9.17) is 5.73 Å². The van der Waals surface area contributed by atoms with Crippen molar-refractivity contribution in [1.82, 2.24) is 9.38 Å². The van der Waals surface area contributed by atoms with E-state index in [-0.39, 0.29) is 18.1 Å². The molecule has 0 saturated carbocycles. The van der Waals surface area contributed by atoms with Crippen LogP contribution in [0.3, 0.4) is 0 Å². The Balaban J connectivity index is 2.05. The van der Waals surface area contributed by atoms with Crippen LogP contribution >= 0.6 is 0 Å². The van der Waals surface area contributed by atoms with Gasteiger partial charge in [-0.3, -0.25) is 14.0 Å². The minimum Gasteiger partial charge on any atom is -0.324 e. The number of nitrogens with zero attached hydrogens (tertiary/aromatic N) is 2. The second-order valence-electron chi connectivity index (χ2n) is 5.75. The lowest BCUT2D eigenvalue weighted by Gasteiger charge is -2.05. The molecule has 0 aliphatic rings. The number of aromatic nitrogens is 2. The Morgan fingerprint density at radius 2 is 1.72 bits per heavy atom. The molecular weight excluding hydrogens is 314 g/mol. The maximum atomic E-state index is 12.9. The summed E-state index contributed by atoms with van der Waals surface area (Å²) in [6.07, 6.45) is 1.58. The molecule has 0 radical (unpaired) electrons. The van der Waals surface area contributed by atoms with Gasteiger partial charge in [0.05, 0.1) is 23.3 Å². The average molecular weight is 329 g/mol. The van der Waals surface area contributed by atoms with Crippen LogP contribution in [0.1, 0.15) is 26.4 Å². The van der Waals surface area contributed by atoms with Crippen LogP contribution in [0.5, 0.6) is 0 Å². The zero-order chi connectivity index (χ0) is 17.4. The number of rotatable bonds is 4. The smallest absolute Gasteiger partial charge is 0.209 e. The number of carbonyl (C=O) groups is 2. The average Bonchev–Trinajstić information content (AvgIpc) is 3.07. The fourth-order valence-corrected chi connectivity index (χ4v) is 3.06. The van der Waals surface area contributed by atoms with Crippen molar-refractivity contribution >= 4 is 28.0 Å². The first-order valence-electron chi connectivity index (χ1n) is 7.92. The van der Waals surface area contributed by atoms with E-state index in [2.05, 4.69) is 4.98 Å². The summed E-state index contributed by atoms with van der Waals surface area (Å²) < 4.78 is 1.68. The summed E-state index contributed by atoms with van der Waals surface area (Å²) in [6.45, 7) is -0.116. The van der Waals surface area contributed by atoms with E-state index in [0.29, 0.717) is 22.3 Å². The van der Waals surface area contributed by atoms with Crippen LogP contribution in [0, 0.1) is 0 Å². The molecule has 0 atom stereocenters. The second kappa shape index (κ2) is 5.96. The Morgan fingerprint density at radius 1 is 1.00 bits per heavy atom. The van der Waals surface area contributed by atoms with Crippen molar-refractivity contribution < 1.29 is 9.59 Å². The van der Waals surface area contributed by atoms with Crippen LogP contribution < -0.4 is 5.73 Å². The van der Waals surface area contributed by atoms with Gasteiger partial charge in [0.2, 0.25) is 5.78 Å². The molecule has 2 aromatic heterocycles. The van der Waals surface area contributed by atoms with E-state index in [1.165, 1.54) is 0 Å². The number of para-hydroxylation sites is 1. The van der Waals surface area contributed by atoms with Gasteiger partial charge in [-0.2, -0.15) is 0 Å². The van der Waals surface area contributed by atoms with Crippen LogP contribution in [-0.4, -0.2) is 27.5 Å². The first-order chi connectivity index (χ1) is 12.2. The molecule has 0 fully saturated rings. The zero-order valence-corrected chi connectivity index (χ0v) is 13.3. The topological polar surface area (TPSA) is 77.5 Å². The highest BCUT2D eigenvalue weighted by molar-refractivity contribution is 6.16. The molecule has 2 heterocycles. The third kappa shape index (κ3) is 2.42. The molecule has 0 unspecified atom stereocenters. The predicted molar refractivity (Wildman–Crippen MR) is 96.0 cm³/mol. The summed E-state index contributed by atoms with van der Waals surface area (Å²) in [5, 5.41) is 0.814. The molecule has 0 saturated heterocycles. The maximum absolute atomic E-state index is 12.9. The molecule has 5 heteroatoms. The highest BCUT2D eigenvalue weighted by Crippen LogP contribution is 2.26. The van der Waals surface area contributed by atoms with E-state index in [1.807, 2.05) is 42.5 Å². The minimum atomic E-state index is -0.207. The van der Waals surface area contributed by atoms with Crippen LogP contribution in [0.25, 0.3) is 16.4 Å². The van der Waals surface area contributed by atoms with E-state index in [9.17, 15) is 9.59 Å². The first kappa shape index (κ1) is 15.2. The van der Waals surface area contributed by atoms with Gasteiger partial charge in [-0.1, -0.05) is 48.5 Å². The minimum absolute atomic E-state index is 0.116. The number of carbonyl (C=O) groups excluding carboxylic acids is 2. The second-order valence-corrected chi connectivity index (χ2v) is 5.75. The molecule has 4 rings (SSSR count). The van der Waals surface area contributed by atoms with Crippen molar-refractivity contribution in [3.05, 3.63) is 83.8 Å².